The van der Waals surface area contributed by atoms with E-state index in [9.17, 15) is 9.90 Å². The van der Waals surface area contributed by atoms with Gasteiger partial charge in [-0.2, -0.15) is 0 Å². The van der Waals surface area contributed by atoms with Gasteiger partial charge in [0.1, 0.15) is 6.04 Å². The number of carbonyl (C=O) groups is 1. The molecule has 2 atom stereocenters. The van der Waals surface area contributed by atoms with Crippen LogP contribution in [0.15, 0.2) is 0 Å². The summed E-state index contributed by atoms with van der Waals surface area (Å²) in [5.74, 6) is -0.651. The Morgan fingerprint density at radius 1 is 1.05 bits per heavy atom. The van der Waals surface area contributed by atoms with E-state index in [1.807, 2.05) is 0 Å². The highest BCUT2D eigenvalue weighted by Gasteiger charge is 2.42. The van der Waals surface area contributed by atoms with Crippen molar-refractivity contribution in [2.24, 2.45) is 0 Å². The molecular formula is C17H29NO3. The van der Waals surface area contributed by atoms with E-state index in [0.717, 1.165) is 45.2 Å². The lowest BCUT2D eigenvalue weighted by Crippen LogP contribution is -2.45. The molecule has 0 radical (unpaired) electrons. The molecule has 1 spiro atoms. The predicted molar refractivity (Wildman–Crippen MR) is 81.4 cm³/mol. The normalized spacial score (nSPS) is 33.9. The van der Waals surface area contributed by atoms with Gasteiger partial charge in [0.05, 0.1) is 11.7 Å². The van der Waals surface area contributed by atoms with E-state index in [2.05, 4.69) is 4.90 Å². The number of carboxylic acids is 1. The van der Waals surface area contributed by atoms with Crippen molar-refractivity contribution in [1.29, 1.82) is 0 Å². The molecule has 2 heterocycles. The summed E-state index contributed by atoms with van der Waals surface area (Å²) in [7, 11) is 0. The zero-order valence-electron chi connectivity index (χ0n) is 13.1. The highest BCUT2D eigenvalue weighted by atomic mass is 16.5. The molecular weight excluding hydrogens is 266 g/mol. The number of ether oxygens (including phenoxy) is 1. The second kappa shape index (κ2) is 6.66. The lowest BCUT2D eigenvalue weighted by Gasteiger charge is -2.35. The summed E-state index contributed by atoms with van der Waals surface area (Å²) in [4.78, 5) is 13.7. The maximum Gasteiger partial charge on any atom is 0.320 e. The Kier molecular flexibility index (Phi) is 4.85. The van der Waals surface area contributed by atoms with Crippen LogP contribution in [0.4, 0.5) is 0 Å². The third kappa shape index (κ3) is 3.59. The molecule has 0 aromatic carbocycles. The third-order valence-electron chi connectivity index (χ3n) is 5.69. The average molecular weight is 295 g/mol. The highest BCUT2D eigenvalue weighted by molar-refractivity contribution is 5.73. The van der Waals surface area contributed by atoms with Crippen molar-refractivity contribution in [2.75, 3.05) is 13.1 Å². The topological polar surface area (TPSA) is 49.8 Å². The molecule has 4 heteroatoms. The van der Waals surface area contributed by atoms with Gasteiger partial charge in [-0.25, -0.2) is 0 Å². The monoisotopic (exact) mass is 295 g/mol. The van der Waals surface area contributed by atoms with Gasteiger partial charge < -0.3 is 9.84 Å². The van der Waals surface area contributed by atoms with E-state index in [-0.39, 0.29) is 17.7 Å². The van der Waals surface area contributed by atoms with E-state index in [1.54, 1.807) is 0 Å². The predicted octanol–water partition coefficient (Wildman–Crippen LogP) is 3.20. The van der Waals surface area contributed by atoms with Gasteiger partial charge in [0.15, 0.2) is 0 Å². The Hall–Kier alpha value is -0.610. The van der Waals surface area contributed by atoms with Crippen LogP contribution in [0.2, 0.25) is 0 Å². The van der Waals surface area contributed by atoms with E-state index in [0.29, 0.717) is 0 Å². The first-order chi connectivity index (χ1) is 10.2. The Balaban J connectivity index is 1.58. The third-order valence-corrected chi connectivity index (χ3v) is 5.69. The van der Waals surface area contributed by atoms with Crippen LogP contribution in [0.1, 0.15) is 70.6 Å². The lowest BCUT2D eigenvalue weighted by molar-refractivity contribution is -0.144. The summed E-state index contributed by atoms with van der Waals surface area (Å²) in [5, 5.41) is 9.47. The van der Waals surface area contributed by atoms with Crippen molar-refractivity contribution in [3.63, 3.8) is 0 Å². The molecule has 3 aliphatic rings. The molecule has 1 N–H and O–H groups in total. The highest BCUT2D eigenvalue weighted by Crippen LogP contribution is 2.42. The van der Waals surface area contributed by atoms with E-state index in [1.165, 1.54) is 38.5 Å². The van der Waals surface area contributed by atoms with Gasteiger partial charge in [-0.3, -0.25) is 9.69 Å². The fourth-order valence-electron chi connectivity index (χ4n) is 4.52. The Bertz CT molecular complexity index is 365. The molecule has 2 aliphatic heterocycles. The van der Waals surface area contributed by atoms with Crippen LogP contribution in [-0.4, -0.2) is 46.8 Å². The standard InChI is InChI=1S/C17H29NO3/c19-16(20)15-7-3-1-6-12-18(15)13-14-8-11-17(21-14)9-4-2-5-10-17/h14-15H,1-13H2,(H,19,20). The number of nitrogens with zero attached hydrogens (tertiary/aromatic N) is 1. The maximum absolute atomic E-state index is 11.5. The minimum Gasteiger partial charge on any atom is -0.480 e. The second-order valence-corrected chi connectivity index (χ2v) is 7.22. The van der Waals surface area contributed by atoms with Crippen LogP contribution in [0.3, 0.4) is 0 Å². The summed E-state index contributed by atoms with van der Waals surface area (Å²) < 4.78 is 6.43. The molecule has 4 nitrogen and oxygen atoms in total. The maximum atomic E-state index is 11.5. The number of aliphatic carboxylic acids is 1. The van der Waals surface area contributed by atoms with E-state index >= 15 is 0 Å². The fraction of sp³-hybridized carbons (Fsp3) is 0.941. The zero-order valence-corrected chi connectivity index (χ0v) is 13.1. The number of rotatable bonds is 3. The van der Waals surface area contributed by atoms with Crippen molar-refractivity contribution >= 4 is 5.97 Å². The summed E-state index contributed by atoms with van der Waals surface area (Å²) >= 11 is 0. The molecule has 1 aliphatic carbocycles. The van der Waals surface area contributed by atoms with Gasteiger partial charge in [-0.15, -0.1) is 0 Å². The molecule has 21 heavy (non-hydrogen) atoms. The van der Waals surface area contributed by atoms with Gasteiger partial charge in [0.25, 0.3) is 0 Å². The Morgan fingerprint density at radius 2 is 1.81 bits per heavy atom. The molecule has 3 rings (SSSR count). The number of likely N-dealkylation sites (tertiary alicyclic amines) is 1. The van der Waals surface area contributed by atoms with Crippen LogP contribution >= 0.6 is 0 Å². The van der Waals surface area contributed by atoms with Gasteiger partial charge >= 0.3 is 5.97 Å². The molecule has 2 unspecified atom stereocenters. The largest absolute Gasteiger partial charge is 0.480 e. The number of hydrogen-bond donors (Lipinski definition) is 1. The molecule has 3 fully saturated rings. The first kappa shape index (κ1) is 15.3. The fourth-order valence-corrected chi connectivity index (χ4v) is 4.52. The van der Waals surface area contributed by atoms with Crippen molar-refractivity contribution < 1.29 is 14.6 Å². The van der Waals surface area contributed by atoms with Gasteiger partial charge in [0, 0.05) is 6.54 Å². The smallest absolute Gasteiger partial charge is 0.320 e. The lowest BCUT2D eigenvalue weighted by atomic mass is 9.83. The average Bonchev–Trinajstić information content (AvgIpc) is 2.71. The van der Waals surface area contributed by atoms with Gasteiger partial charge in [-0.05, 0) is 45.1 Å². The summed E-state index contributed by atoms with van der Waals surface area (Å²) in [6.07, 6.45) is 13.1. The molecule has 2 saturated heterocycles. The zero-order chi connectivity index (χ0) is 14.7. The Labute approximate surface area is 127 Å². The second-order valence-electron chi connectivity index (χ2n) is 7.22. The molecule has 1 saturated carbocycles. The molecule has 0 amide bonds. The van der Waals surface area contributed by atoms with Crippen molar-refractivity contribution in [3.05, 3.63) is 0 Å². The first-order valence-corrected chi connectivity index (χ1v) is 8.83. The van der Waals surface area contributed by atoms with Crippen LogP contribution in [0, 0.1) is 0 Å². The molecule has 0 bridgehead atoms. The van der Waals surface area contributed by atoms with Crippen LogP contribution in [0.25, 0.3) is 0 Å². The summed E-state index contributed by atoms with van der Waals surface area (Å²) in [5.41, 5.74) is 0.146. The minimum absolute atomic E-state index is 0.146. The van der Waals surface area contributed by atoms with Crippen molar-refractivity contribution in [2.45, 2.75) is 88.4 Å². The van der Waals surface area contributed by atoms with E-state index in [4.69, 9.17) is 4.74 Å². The quantitative estimate of drug-likeness (QED) is 0.868. The van der Waals surface area contributed by atoms with E-state index < -0.39 is 5.97 Å². The van der Waals surface area contributed by atoms with Crippen LogP contribution in [0.5, 0.6) is 0 Å². The SMILES string of the molecule is O=C(O)C1CCCCCN1CC1CCC2(CCCCC2)O1. The Morgan fingerprint density at radius 3 is 2.57 bits per heavy atom. The molecule has 0 aromatic rings. The molecule has 120 valence electrons. The van der Waals surface area contributed by atoms with Gasteiger partial charge in [0.2, 0.25) is 0 Å². The first-order valence-electron chi connectivity index (χ1n) is 8.83. The van der Waals surface area contributed by atoms with Crippen LogP contribution in [-0.2, 0) is 9.53 Å². The summed E-state index contributed by atoms with van der Waals surface area (Å²) in [6.45, 7) is 1.74. The van der Waals surface area contributed by atoms with Gasteiger partial charge in [-0.1, -0.05) is 32.1 Å². The number of carboxylic acid groups (broad SMARTS) is 1. The number of hydrogen-bond acceptors (Lipinski definition) is 3. The molecule has 0 aromatic heterocycles. The summed E-state index contributed by atoms with van der Waals surface area (Å²) in [6, 6.07) is -0.293. The minimum atomic E-state index is -0.651. The van der Waals surface area contributed by atoms with Crippen LogP contribution < -0.4 is 0 Å². The van der Waals surface area contributed by atoms with Crippen molar-refractivity contribution in [1.82, 2.24) is 4.90 Å². The van der Waals surface area contributed by atoms with Crippen molar-refractivity contribution in [3.8, 4) is 0 Å².